The van der Waals surface area contributed by atoms with E-state index >= 15 is 0 Å². The van der Waals surface area contributed by atoms with Gasteiger partial charge in [-0.15, -0.1) is 0 Å². The zero-order valence-corrected chi connectivity index (χ0v) is 28.7. The van der Waals surface area contributed by atoms with Gasteiger partial charge < -0.3 is 34.4 Å². The Kier molecular flexibility index (Phi) is 9.12. The predicted octanol–water partition coefficient (Wildman–Crippen LogP) is 4.48. The summed E-state index contributed by atoms with van der Waals surface area (Å²) >= 11 is 3.57. The first kappa shape index (κ1) is 33.9. The van der Waals surface area contributed by atoms with Gasteiger partial charge in [-0.05, 0) is 60.3 Å². The number of oxazole rings is 1. The number of fused-ring (bicyclic) bond motifs is 8. The lowest BCUT2D eigenvalue weighted by atomic mass is 9.71. The number of nitrogens with one attached hydrogen (secondary N) is 2. The van der Waals surface area contributed by atoms with Crippen LogP contribution in [0.25, 0.3) is 0 Å². The molecule has 1 aromatic heterocycles. The quantitative estimate of drug-likeness (QED) is 0.321. The standard InChI is InChI=1S/C33H37BrN4O9/c1-16(2)23-28-37-24(29(41)45-7)26(46-28)33(18-9-8-10-20(34)25(18)38(15-44-6)30(33)42)19-13-17(11-12-22(19)39)14-21(27(40)36-23)35-31(43)47-32(3,4)5/h8-13,16,21,23,39H,14-15H2,1-7H3,(H,35,43)(H,36,40)/t21-,23-,33-/m0/s1. The molecule has 2 aliphatic rings. The second kappa shape index (κ2) is 12.6. The van der Waals surface area contributed by atoms with Crippen LogP contribution in [0.4, 0.5) is 10.5 Å². The van der Waals surface area contributed by atoms with Crippen LogP contribution >= 0.6 is 15.9 Å². The molecule has 13 nitrogen and oxygen atoms in total. The molecule has 3 amide bonds. The van der Waals surface area contributed by atoms with E-state index in [0.717, 1.165) is 0 Å². The zero-order valence-electron chi connectivity index (χ0n) is 27.1. The van der Waals surface area contributed by atoms with E-state index in [1.54, 1.807) is 51.1 Å². The van der Waals surface area contributed by atoms with Gasteiger partial charge in [0.1, 0.15) is 30.2 Å². The molecular formula is C33H37BrN4O9. The Balaban J connectivity index is 1.86. The van der Waals surface area contributed by atoms with Crippen molar-refractivity contribution >= 4 is 45.5 Å². The number of anilines is 1. The highest BCUT2D eigenvalue weighted by molar-refractivity contribution is 9.10. The third-order valence-corrected chi connectivity index (χ3v) is 8.63. The van der Waals surface area contributed by atoms with E-state index in [1.807, 2.05) is 13.8 Å². The molecule has 2 aromatic carbocycles. The Bertz CT molecular complexity index is 1750. The van der Waals surface area contributed by atoms with Crippen molar-refractivity contribution in [3.05, 3.63) is 74.9 Å². The summed E-state index contributed by atoms with van der Waals surface area (Å²) in [7, 11) is 2.61. The molecular weight excluding hydrogens is 676 g/mol. The Morgan fingerprint density at radius 1 is 1.19 bits per heavy atom. The number of aromatic hydroxyl groups is 1. The van der Waals surface area contributed by atoms with E-state index in [0.29, 0.717) is 21.3 Å². The highest BCUT2D eigenvalue weighted by Crippen LogP contribution is 2.55. The van der Waals surface area contributed by atoms with Crippen molar-refractivity contribution in [1.29, 1.82) is 0 Å². The molecule has 0 radical (unpaired) electrons. The topological polar surface area (TPSA) is 170 Å². The second-order valence-corrected chi connectivity index (χ2v) is 13.6. The molecule has 3 heterocycles. The Hall–Kier alpha value is -4.43. The van der Waals surface area contributed by atoms with Crippen molar-refractivity contribution < 1.29 is 42.9 Å². The summed E-state index contributed by atoms with van der Waals surface area (Å²) in [5.74, 6) is -2.96. The van der Waals surface area contributed by atoms with Gasteiger partial charge in [-0.1, -0.05) is 38.1 Å². The number of rotatable bonds is 5. The third-order valence-electron chi connectivity index (χ3n) is 7.99. The molecule has 0 fully saturated rings. The number of methoxy groups -OCH3 is 2. The maximum Gasteiger partial charge on any atom is 0.408 e. The lowest BCUT2D eigenvalue weighted by molar-refractivity contribution is -0.125. The normalized spacial score (nSPS) is 20.7. The molecule has 1 spiro atoms. The molecule has 250 valence electrons. The van der Waals surface area contributed by atoms with Crippen LogP contribution in [0.2, 0.25) is 0 Å². The number of benzene rings is 2. The van der Waals surface area contributed by atoms with Gasteiger partial charge >= 0.3 is 12.1 Å². The monoisotopic (exact) mass is 712 g/mol. The molecule has 3 aromatic rings. The van der Waals surface area contributed by atoms with E-state index in [-0.39, 0.29) is 47.7 Å². The average molecular weight is 714 g/mol. The number of alkyl carbamates (subject to hydrolysis) is 1. The molecule has 5 rings (SSSR count). The fourth-order valence-corrected chi connectivity index (χ4v) is 6.58. The van der Waals surface area contributed by atoms with Gasteiger partial charge in [0.25, 0.3) is 5.91 Å². The Morgan fingerprint density at radius 2 is 1.91 bits per heavy atom. The van der Waals surface area contributed by atoms with Crippen molar-refractivity contribution in [3.8, 4) is 5.75 Å². The van der Waals surface area contributed by atoms with Crippen molar-refractivity contribution in [2.45, 2.75) is 64.1 Å². The van der Waals surface area contributed by atoms with E-state index < -0.39 is 47.0 Å². The third kappa shape index (κ3) is 5.95. The van der Waals surface area contributed by atoms with Crippen LogP contribution in [-0.2, 0) is 35.6 Å². The van der Waals surface area contributed by atoms with E-state index in [2.05, 4.69) is 31.5 Å². The fourth-order valence-electron chi connectivity index (χ4n) is 6.00. The smallest absolute Gasteiger partial charge is 0.408 e. The van der Waals surface area contributed by atoms with Crippen molar-refractivity contribution in [2.24, 2.45) is 5.92 Å². The summed E-state index contributed by atoms with van der Waals surface area (Å²) in [6.07, 6.45) is -0.857. The summed E-state index contributed by atoms with van der Waals surface area (Å²) in [6.45, 7) is 8.56. The number of carbonyl (C=O) groups is 4. The van der Waals surface area contributed by atoms with Crippen LogP contribution in [-0.4, -0.2) is 66.6 Å². The van der Waals surface area contributed by atoms with Gasteiger partial charge in [-0.3, -0.25) is 14.5 Å². The average Bonchev–Trinajstić information content (AvgIpc) is 3.53. The highest BCUT2D eigenvalue weighted by atomic mass is 79.9. The predicted molar refractivity (Wildman–Crippen MR) is 172 cm³/mol. The first-order chi connectivity index (χ1) is 22.1. The molecule has 4 bridgehead atoms. The molecule has 0 saturated carbocycles. The fraction of sp³-hybridized carbons (Fsp3) is 0.424. The lowest BCUT2D eigenvalue weighted by Crippen LogP contribution is -2.50. The van der Waals surface area contributed by atoms with Crippen LogP contribution in [0, 0.1) is 5.92 Å². The van der Waals surface area contributed by atoms with Crippen LogP contribution in [0.5, 0.6) is 5.75 Å². The van der Waals surface area contributed by atoms with Crippen LogP contribution in [0.1, 0.15) is 79.5 Å². The number of phenols is 1. The van der Waals surface area contributed by atoms with Gasteiger partial charge in [0.2, 0.25) is 11.8 Å². The summed E-state index contributed by atoms with van der Waals surface area (Å²) < 4.78 is 23.0. The highest BCUT2D eigenvalue weighted by Gasteiger charge is 2.60. The Labute approximate surface area is 280 Å². The van der Waals surface area contributed by atoms with E-state index in [1.165, 1.54) is 25.2 Å². The number of halogens is 1. The summed E-state index contributed by atoms with van der Waals surface area (Å²) in [4.78, 5) is 61.0. The summed E-state index contributed by atoms with van der Waals surface area (Å²) in [6, 6.07) is 7.62. The lowest BCUT2D eigenvalue weighted by Gasteiger charge is -2.30. The largest absolute Gasteiger partial charge is 0.508 e. The molecule has 47 heavy (non-hydrogen) atoms. The molecule has 0 aliphatic carbocycles. The number of aromatic nitrogens is 1. The number of carbonyl (C=O) groups excluding carboxylic acids is 4. The number of amides is 3. The van der Waals surface area contributed by atoms with Gasteiger partial charge in [0, 0.05) is 29.1 Å². The van der Waals surface area contributed by atoms with Gasteiger partial charge in [0.05, 0.1) is 12.8 Å². The minimum absolute atomic E-state index is 0.0448. The van der Waals surface area contributed by atoms with E-state index in [9.17, 15) is 24.3 Å². The van der Waals surface area contributed by atoms with Crippen LogP contribution in [0.15, 0.2) is 45.3 Å². The van der Waals surface area contributed by atoms with Crippen molar-refractivity contribution in [3.63, 3.8) is 0 Å². The maximum absolute atomic E-state index is 15.0. The molecule has 3 N–H and O–H groups in total. The number of hydrogen-bond acceptors (Lipinski definition) is 10. The second-order valence-electron chi connectivity index (χ2n) is 12.7. The molecule has 0 saturated heterocycles. The number of para-hydroxylation sites is 1. The van der Waals surface area contributed by atoms with Crippen molar-refractivity contribution in [1.82, 2.24) is 15.6 Å². The molecule has 2 aliphatic heterocycles. The summed E-state index contributed by atoms with van der Waals surface area (Å²) in [5.41, 5.74) is -1.77. The molecule has 3 atom stereocenters. The first-order valence-electron chi connectivity index (χ1n) is 15.0. The van der Waals surface area contributed by atoms with Crippen molar-refractivity contribution in [2.75, 3.05) is 25.9 Å². The molecule has 0 unspecified atom stereocenters. The minimum Gasteiger partial charge on any atom is -0.508 e. The molecule has 14 heteroatoms. The maximum atomic E-state index is 15.0. The SMILES string of the molecule is COCN1C(=O)[C@]2(c3cc(ccc3O)C[C@H](NC(=O)OC(C)(C)C)C(=O)N[C@@H](C(C)C)c3nc(C(=O)OC)c2o3)c2cccc(Br)c21. The Morgan fingerprint density at radius 3 is 2.55 bits per heavy atom. The number of hydrogen-bond donors (Lipinski definition) is 3. The van der Waals surface area contributed by atoms with Gasteiger partial charge in [0.15, 0.2) is 16.9 Å². The van der Waals surface area contributed by atoms with Gasteiger partial charge in [-0.2, -0.15) is 0 Å². The minimum atomic E-state index is -1.97. The number of phenolic OH excluding ortho intramolecular Hbond substituents is 1. The number of ether oxygens (including phenoxy) is 3. The van der Waals surface area contributed by atoms with Crippen LogP contribution < -0.4 is 15.5 Å². The summed E-state index contributed by atoms with van der Waals surface area (Å²) in [5, 5.41) is 17.1. The number of esters is 1. The van der Waals surface area contributed by atoms with E-state index in [4.69, 9.17) is 18.6 Å². The zero-order chi connectivity index (χ0) is 34.4. The number of nitrogens with zero attached hydrogens (tertiary/aromatic N) is 2. The first-order valence-corrected chi connectivity index (χ1v) is 15.7. The van der Waals surface area contributed by atoms with Gasteiger partial charge in [-0.25, -0.2) is 14.6 Å². The van der Waals surface area contributed by atoms with Crippen LogP contribution in [0.3, 0.4) is 0 Å².